The molecule has 3 unspecified atom stereocenters. The van der Waals surface area contributed by atoms with Crippen molar-refractivity contribution in [2.45, 2.75) is 37.8 Å². The van der Waals surface area contributed by atoms with Gasteiger partial charge in [-0.05, 0) is 54.8 Å². The van der Waals surface area contributed by atoms with Crippen molar-refractivity contribution in [2.75, 3.05) is 44.4 Å². The normalized spacial score (nSPS) is 23.0. The first-order valence-corrected chi connectivity index (χ1v) is 11.6. The van der Waals surface area contributed by atoms with E-state index in [4.69, 9.17) is 4.74 Å². The maximum absolute atomic E-state index is 13.2. The molecule has 0 bridgehead atoms. The van der Waals surface area contributed by atoms with Crippen LogP contribution in [0.15, 0.2) is 42.5 Å². The van der Waals surface area contributed by atoms with Crippen molar-refractivity contribution in [1.82, 2.24) is 9.80 Å². The minimum absolute atomic E-state index is 0.173. The summed E-state index contributed by atoms with van der Waals surface area (Å²) in [7, 11) is 5.76. The first-order valence-electron chi connectivity index (χ1n) is 11.6. The second-order valence-electron chi connectivity index (χ2n) is 9.37. The van der Waals surface area contributed by atoms with Crippen LogP contribution in [0.2, 0.25) is 0 Å². The van der Waals surface area contributed by atoms with Crippen molar-refractivity contribution in [2.24, 2.45) is 0 Å². The summed E-state index contributed by atoms with van der Waals surface area (Å²) < 4.78 is 5.49. The molecule has 33 heavy (non-hydrogen) atoms. The maximum atomic E-state index is 13.2. The predicted octanol–water partition coefficient (Wildman–Crippen LogP) is 1.80. The number of likely N-dealkylation sites (N-methyl/N-ethyl adjacent to an activating group) is 1. The van der Waals surface area contributed by atoms with Crippen LogP contribution in [0.5, 0.6) is 0 Å². The van der Waals surface area contributed by atoms with E-state index < -0.39 is 6.04 Å². The molecule has 2 heterocycles. The minimum Gasteiger partial charge on any atom is -0.380 e. The summed E-state index contributed by atoms with van der Waals surface area (Å²) in [5.74, 6) is 0.267. The molecular weight excluding hydrogens is 415 g/mol. The van der Waals surface area contributed by atoms with Gasteiger partial charge in [-0.25, -0.2) is 4.79 Å². The third kappa shape index (κ3) is 5.39. The molecule has 3 amide bonds. The van der Waals surface area contributed by atoms with Gasteiger partial charge in [-0.1, -0.05) is 30.6 Å². The number of hydrogen-bond donors (Lipinski definition) is 2. The molecule has 0 aromatic heterocycles. The molecule has 1 fully saturated rings. The topological polar surface area (TPSA) is 73.9 Å². The number of anilines is 2. The van der Waals surface area contributed by atoms with Crippen molar-refractivity contribution in [1.29, 1.82) is 0 Å². The van der Waals surface area contributed by atoms with Crippen LogP contribution < -0.4 is 16.1 Å². The van der Waals surface area contributed by atoms with E-state index in [1.54, 1.807) is 12.0 Å². The van der Waals surface area contributed by atoms with Gasteiger partial charge in [0.25, 0.3) is 0 Å². The fourth-order valence-electron chi connectivity index (χ4n) is 4.85. The molecule has 174 valence electrons. The molecule has 4 rings (SSSR count). The van der Waals surface area contributed by atoms with Crippen LogP contribution in [0.1, 0.15) is 30.4 Å². The Balaban J connectivity index is 1.47. The molecule has 0 radical (unpaired) electrons. The first kappa shape index (κ1) is 23.3. The lowest BCUT2D eigenvalue weighted by atomic mass is 9.95. The van der Waals surface area contributed by atoms with E-state index in [0.29, 0.717) is 24.6 Å². The predicted molar refractivity (Wildman–Crippen MR) is 134 cm³/mol. The lowest BCUT2D eigenvalue weighted by molar-refractivity contribution is -0.119. The Hall–Kier alpha value is -2.84. The fraction of sp³-hybridized carbons (Fsp3) is 0.440. The van der Waals surface area contributed by atoms with Gasteiger partial charge >= 0.3 is 6.03 Å². The van der Waals surface area contributed by atoms with Gasteiger partial charge in [0.1, 0.15) is 13.9 Å². The van der Waals surface area contributed by atoms with Crippen molar-refractivity contribution in [3.8, 4) is 0 Å². The molecule has 7 nitrogen and oxygen atoms in total. The SMILES string of the molecule is Bc1ccc(NC(=O)N2CC(OC)CC2C(=O)Nc2ccc3c(c2)CCN(C)CC3C)cc1. The van der Waals surface area contributed by atoms with Crippen LogP contribution >= 0.6 is 0 Å². The highest BCUT2D eigenvalue weighted by atomic mass is 16.5. The van der Waals surface area contributed by atoms with Gasteiger partial charge in [0, 0.05) is 44.5 Å². The van der Waals surface area contributed by atoms with Crippen LogP contribution in [-0.2, 0) is 16.0 Å². The highest BCUT2D eigenvalue weighted by Gasteiger charge is 2.40. The van der Waals surface area contributed by atoms with Crippen molar-refractivity contribution >= 4 is 36.6 Å². The zero-order valence-corrected chi connectivity index (χ0v) is 19.9. The Morgan fingerprint density at radius 3 is 2.52 bits per heavy atom. The quantitative estimate of drug-likeness (QED) is 0.700. The van der Waals surface area contributed by atoms with Crippen LogP contribution in [0.4, 0.5) is 16.2 Å². The van der Waals surface area contributed by atoms with E-state index >= 15 is 0 Å². The number of fused-ring (bicyclic) bond motifs is 1. The van der Waals surface area contributed by atoms with E-state index in [2.05, 4.69) is 41.6 Å². The highest BCUT2D eigenvalue weighted by molar-refractivity contribution is 6.32. The van der Waals surface area contributed by atoms with E-state index in [0.717, 1.165) is 30.7 Å². The highest BCUT2D eigenvalue weighted by Crippen LogP contribution is 2.28. The van der Waals surface area contributed by atoms with Crippen LogP contribution in [0.3, 0.4) is 0 Å². The molecule has 2 aromatic carbocycles. The molecule has 0 saturated carbocycles. The van der Waals surface area contributed by atoms with Gasteiger partial charge in [0.15, 0.2) is 0 Å². The summed E-state index contributed by atoms with van der Waals surface area (Å²) in [5, 5.41) is 5.96. The van der Waals surface area contributed by atoms with Crippen molar-refractivity contribution in [3.63, 3.8) is 0 Å². The number of rotatable bonds is 4. The van der Waals surface area contributed by atoms with Crippen LogP contribution in [-0.4, -0.2) is 75.5 Å². The van der Waals surface area contributed by atoms with Gasteiger partial charge in [-0.15, -0.1) is 0 Å². The zero-order chi connectivity index (χ0) is 23.5. The maximum Gasteiger partial charge on any atom is 0.322 e. The summed E-state index contributed by atoms with van der Waals surface area (Å²) in [6.07, 6.45) is 1.25. The summed E-state index contributed by atoms with van der Waals surface area (Å²) >= 11 is 0. The summed E-state index contributed by atoms with van der Waals surface area (Å²) in [5.41, 5.74) is 5.22. The Morgan fingerprint density at radius 1 is 1.06 bits per heavy atom. The number of nitrogens with zero attached hydrogens (tertiary/aromatic N) is 2. The number of amides is 3. The van der Waals surface area contributed by atoms with E-state index in [1.807, 2.05) is 38.2 Å². The second-order valence-corrected chi connectivity index (χ2v) is 9.37. The Labute approximate surface area is 196 Å². The smallest absolute Gasteiger partial charge is 0.322 e. The Morgan fingerprint density at radius 2 is 1.79 bits per heavy atom. The number of carbonyl (C=O) groups excluding carboxylic acids is 2. The standard InChI is InChI=1S/C25H33BN4O3/c1-16-14-29(2)11-10-17-12-20(8-9-22(16)17)27-24(31)23-13-21(33-3)15-30(23)25(32)28-19-6-4-18(26)5-7-19/h4-9,12,16,21,23H,10-11,13-15,26H2,1-3H3,(H,27,31)(H,28,32). The van der Waals surface area contributed by atoms with Crippen molar-refractivity contribution < 1.29 is 14.3 Å². The molecule has 2 N–H and O–H groups in total. The Bertz CT molecular complexity index is 1010. The van der Waals surface area contributed by atoms with Gasteiger partial charge in [-0.2, -0.15) is 0 Å². The first-order chi connectivity index (χ1) is 15.8. The van der Waals surface area contributed by atoms with Crippen LogP contribution in [0, 0.1) is 0 Å². The average Bonchev–Trinajstić information content (AvgIpc) is 3.18. The summed E-state index contributed by atoms with van der Waals surface area (Å²) in [6.45, 7) is 4.65. The van der Waals surface area contributed by atoms with Gasteiger partial charge in [0.05, 0.1) is 6.10 Å². The van der Waals surface area contributed by atoms with Gasteiger partial charge in [-0.3, -0.25) is 4.79 Å². The summed E-state index contributed by atoms with van der Waals surface area (Å²) in [4.78, 5) is 30.2. The number of nitrogens with one attached hydrogen (secondary N) is 2. The minimum atomic E-state index is -0.593. The van der Waals surface area contributed by atoms with E-state index in [-0.39, 0.29) is 18.0 Å². The molecule has 0 aliphatic carbocycles. The lowest BCUT2D eigenvalue weighted by Crippen LogP contribution is -2.45. The van der Waals surface area contributed by atoms with Gasteiger partial charge in [0.2, 0.25) is 5.91 Å². The molecule has 2 aliphatic rings. The number of carbonyl (C=O) groups is 2. The zero-order valence-electron chi connectivity index (χ0n) is 19.9. The fourth-order valence-corrected chi connectivity index (χ4v) is 4.85. The summed E-state index contributed by atoms with van der Waals surface area (Å²) in [6, 6.07) is 12.9. The van der Waals surface area contributed by atoms with Crippen molar-refractivity contribution in [3.05, 3.63) is 53.6 Å². The molecule has 2 aliphatic heterocycles. The molecule has 2 aromatic rings. The third-order valence-corrected chi connectivity index (χ3v) is 6.75. The van der Waals surface area contributed by atoms with E-state index in [9.17, 15) is 9.59 Å². The van der Waals surface area contributed by atoms with Gasteiger partial charge < -0.3 is 25.2 Å². The van der Waals surface area contributed by atoms with E-state index in [1.165, 1.54) is 11.1 Å². The average molecular weight is 448 g/mol. The molecule has 3 atom stereocenters. The monoisotopic (exact) mass is 448 g/mol. The molecule has 8 heteroatoms. The van der Waals surface area contributed by atoms with Crippen LogP contribution in [0.25, 0.3) is 0 Å². The second kappa shape index (κ2) is 9.97. The largest absolute Gasteiger partial charge is 0.380 e. The number of ether oxygens (including phenoxy) is 1. The molecule has 1 saturated heterocycles. The number of hydrogen-bond acceptors (Lipinski definition) is 4. The number of likely N-dealkylation sites (tertiary alicyclic amines) is 1. The lowest BCUT2D eigenvalue weighted by Gasteiger charge is -2.24. The Kier molecular flexibility index (Phi) is 7.05. The third-order valence-electron chi connectivity index (χ3n) is 6.75. The molecule has 0 spiro atoms. The molecular formula is C25H33BN4O3. The number of urea groups is 1. The number of benzene rings is 2. The number of methoxy groups -OCH3 is 1.